The van der Waals surface area contributed by atoms with Gasteiger partial charge in [-0.25, -0.2) is 13.1 Å². The number of nitrogens with one attached hydrogen (secondary N) is 2. The van der Waals surface area contributed by atoms with Gasteiger partial charge in [0.1, 0.15) is 0 Å². The van der Waals surface area contributed by atoms with Gasteiger partial charge < -0.3 is 10.1 Å². The molecule has 1 atom stereocenters. The van der Waals surface area contributed by atoms with Crippen molar-refractivity contribution in [3.8, 4) is 0 Å². The Hall–Kier alpha value is -0.950. The number of sulfonamides is 1. The number of ether oxygens (including phenoxy) is 1. The molecule has 1 aromatic carbocycles. The van der Waals surface area contributed by atoms with Crippen LogP contribution < -0.4 is 10.0 Å². The quantitative estimate of drug-likeness (QED) is 0.716. The van der Waals surface area contributed by atoms with E-state index < -0.39 is 10.0 Å². The number of hydrogen-bond donors (Lipinski definition) is 2. The van der Waals surface area contributed by atoms with E-state index in [0.717, 1.165) is 38.0 Å². The minimum absolute atomic E-state index is 0.00477. The highest BCUT2D eigenvalue weighted by atomic mass is 32.2. The first-order valence-corrected chi connectivity index (χ1v) is 9.01. The fourth-order valence-corrected chi connectivity index (χ4v) is 3.70. The normalized spacial score (nSPS) is 19.0. The number of benzene rings is 1. The van der Waals surface area contributed by atoms with Gasteiger partial charge in [-0.1, -0.05) is 25.1 Å². The van der Waals surface area contributed by atoms with Gasteiger partial charge in [0.25, 0.3) is 0 Å². The van der Waals surface area contributed by atoms with Crippen molar-refractivity contribution in [2.45, 2.75) is 43.7 Å². The van der Waals surface area contributed by atoms with Gasteiger partial charge in [0.15, 0.2) is 0 Å². The number of hydrogen-bond acceptors (Lipinski definition) is 4. The first-order chi connectivity index (χ1) is 10.1. The lowest BCUT2D eigenvalue weighted by molar-refractivity contribution is 0.114. The van der Waals surface area contributed by atoms with Gasteiger partial charge >= 0.3 is 0 Å². The Balaban J connectivity index is 2.03. The monoisotopic (exact) mass is 312 g/mol. The van der Waals surface area contributed by atoms with E-state index in [0.29, 0.717) is 18.0 Å². The molecule has 118 valence electrons. The van der Waals surface area contributed by atoms with Gasteiger partial charge in [-0.15, -0.1) is 0 Å². The van der Waals surface area contributed by atoms with Crippen molar-refractivity contribution in [1.82, 2.24) is 10.0 Å². The summed E-state index contributed by atoms with van der Waals surface area (Å²) in [5.41, 5.74) is 0.797. The fraction of sp³-hybridized carbons (Fsp3) is 0.600. The lowest BCUT2D eigenvalue weighted by atomic mass is 10.2. The third-order valence-corrected chi connectivity index (χ3v) is 5.05. The van der Waals surface area contributed by atoms with Gasteiger partial charge in [-0.2, -0.15) is 0 Å². The summed E-state index contributed by atoms with van der Waals surface area (Å²) < 4.78 is 33.0. The average Bonchev–Trinajstić information content (AvgIpc) is 2.99. The predicted octanol–water partition coefficient (Wildman–Crippen LogP) is 1.64. The third-order valence-electron chi connectivity index (χ3n) is 3.53. The summed E-state index contributed by atoms with van der Waals surface area (Å²) in [6.45, 7) is 4.59. The molecule has 0 spiro atoms. The summed E-state index contributed by atoms with van der Waals surface area (Å²) in [7, 11) is -3.49. The van der Waals surface area contributed by atoms with Crippen molar-refractivity contribution in [2.24, 2.45) is 0 Å². The van der Waals surface area contributed by atoms with E-state index in [1.807, 2.05) is 12.1 Å². The maximum atomic E-state index is 12.4. The molecule has 2 N–H and O–H groups in total. The molecular formula is C15H24N2O3S. The minimum atomic E-state index is -3.49. The fourth-order valence-electron chi connectivity index (χ4n) is 2.40. The predicted molar refractivity (Wildman–Crippen MR) is 82.6 cm³/mol. The topological polar surface area (TPSA) is 67.4 Å². The molecule has 0 bridgehead atoms. The number of rotatable bonds is 8. The zero-order chi connectivity index (χ0) is 15.1. The zero-order valence-corrected chi connectivity index (χ0v) is 13.3. The summed E-state index contributed by atoms with van der Waals surface area (Å²) >= 11 is 0. The van der Waals surface area contributed by atoms with Gasteiger partial charge in [0, 0.05) is 19.7 Å². The summed E-state index contributed by atoms with van der Waals surface area (Å²) in [5.74, 6) is 0. The van der Waals surface area contributed by atoms with E-state index >= 15 is 0 Å². The molecule has 1 aromatic rings. The van der Waals surface area contributed by atoms with Crippen LogP contribution >= 0.6 is 0 Å². The van der Waals surface area contributed by atoms with Crippen molar-refractivity contribution in [3.05, 3.63) is 29.8 Å². The van der Waals surface area contributed by atoms with Crippen LogP contribution in [-0.4, -0.2) is 34.2 Å². The Bertz CT molecular complexity index is 540. The Kier molecular flexibility index (Phi) is 6.17. The van der Waals surface area contributed by atoms with Crippen LogP contribution in [0.3, 0.4) is 0 Å². The summed E-state index contributed by atoms with van der Waals surface area (Å²) in [6, 6.07) is 7.12. The molecule has 0 amide bonds. The van der Waals surface area contributed by atoms with Crippen LogP contribution in [0.2, 0.25) is 0 Å². The van der Waals surface area contributed by atoms with Crippen LogP contribution in [0.5, 0.6) is 0 Å². The van der Waals surface area contributed by atoms with Crippen molar-refractivity contribution in [3.63, 3.8) is 0 Å². The Morgan fingerprint density at radius 2 is 2.14 bits per heavy atom. The molecule has 0 aliphatic carbocycles. The van der Waals surface area contributed by atoms with Crippen molar-refractivity contribution in [2.75, 3.05) is 19.7 Å². The molecule has 1 aliphatic rings. The molecule has 0 saturated carbocycles. The maximum absolute atomic E-state index is 12.4. The van der Waals surface area contributed by atoms with Crippen LogP contribution in [0.1, 0.15) is 31.7 Å². The molecule has 1 aliphatic heterocycles. The second-order valence-electron chi connectivity index (χ2n) is 5.27. The van der Waals surface area contributed by atoms with E-state index in [-0.39, 0.29) is 6.10 Å². The molecule has 0 radical (unpaired) electrons. The summed E-state index contributed by atoms with van der Waals surface area (Å²) in [4.78, 5) is 0.353. The molecule has 1 heterocycles. The van der Waals surface area contributed by atoms with Gasteiger partial charge in [0.2, 0.25) is 10.0 Å². The highest BCUT2D eigenvalue weighted by molar-refractivity contribution is 7.89. The van der Waals surface area contributed by atoms with Gasteiger partial charge in [0.05, 0.1) is 11.0 Å². The zero-order valence-electron chi connectivity index (χ0n) is 12.5. The standard InChI is InChI=1S/C15H24N2O3S/c1-2-9-16-11-13-6-3-4-8-15(13)21(18,19)17-12-14-7-5-10-20-14/h3-4,6,8,14,16-17H,2,5,7,9-12H2,1H3. The first kappa shape index (κ1) is 16.4. The smallest absolute Gasteiger partial charge is 0.240 e. The van der Waals surface area contributed by atoms with E-state index in [9.17, 15) is 8.42 Å². The summed E-state index contributed by atoms with van der Waals surface area (Å²) in [6.07, 6.45) is 2.95. The molecule has 1 saturated heterocycles. The van der Waals surface area contributed by atoms with Crippen LogP contribution in [0.15, 0.2) is 29.2 Å². The van der Waals surface area contributed by atoms with Gasteiger partial charge in [-0.05, 0) is 37.4 Å². The second kappa shape index (κ2) is 7.89. The average molecular weight is 312 g/mol. The lowest BCUT2D eigenvalue weighted by Crippen LogP contribution is -2.32. The van der Waals surface area contributed by atoms with Crippen LogP contribution in [0, 0.1) is 0 Å². The molecule has 6 heteroatoms. The van der Waals surface area contributed by atoms with E-state index in [4.69, 9.17) is 4.74 Å². The molecule has 1 unspecified atom stereocenters. The molecule has 1 fully saturated rings. The Morgan fingerprint density at radius 1 is 1.33 bits per heavy atom. The highest BCUT2D eigenvalue weighted by Crippen LogP contribution is 2.16. The minimum Gasteiger partial charge on any atom is -0.377 e. The summed E-state index contributed by atoms with van der Waals surface area (Å²) in [5, 5.41) is 3.24. The van der Waals surface area contributed by atoms with Crippen LogP contribution in [0.25, 0.3) is 0 Å². The highest BCUT2D eigenvalue weighted by Gasteiger charge is 2.21. The van der Waals surface area contributed by atoms with E-state index in [2.05, 4.69) is 17.0 Å². The van der Waals surface area contributed by atoms with E-state index in [1.54, 1.807) is 12.1 Å². The maximum Gasteiger partial charge on any atom is 0.240 e. The molecule has 21 heavy (non-hydrogen) atoms. The molecule has 2 rings (SSSR count). The lowest BCUT2D eigenvalue weighted by Gasteiger charge is -2.14. The Morgan fingerprint density at radius 3 is 2.86 bits per heavy atom. The SMILES string of the molecule is CCCNCc1ccccc1S(=O)(=O)NCC1CCCO1. The van der Waals surface area contributed by atoms with Crippen molar-refractivity contribution < 1.29 is 13.2 Å². The molecule has 5 nitrogen and oxygen atoms in total. The van der Waals surface area contributed by atoms with Crippen molar-refractivity contribution in [1.29, 1.82) is 0 Å². The van der Waals surface area contributed by atoms with Crippen LogP contribution in [-0.2, 0) is 21.3 Å². The second-order valence-corrected chi connectivity index (χ2v) is 7.01. The van der Waals surface area contributed by atoms with E-state index in [1.165, 1.54) is 0 Å². The van der Waals surface area contributed by atoms with Gasteiger partial charge in [-0.3, -0.25) is 0 Å². The first-order valence-electron chi connectivity index (χ1n) is 7.53. The van der Waals surface area contributed by atoms with Crippen LogP contribution in [0.4, 0.5) is 0 Å². The van der Waals surface area contributed by atoms with Crippen molar-refractivity contribution >= 4 is 10.0 Å². The Labute approximate surface area is 127 Å². The molecular weight excluding hydrogens is 288 g/mol. The third kappa shape index (κ3) is 4.78. The molecule has 0 aromatic heterocycles. The largest absolute Gasteiger partial charge is 0.377 e.